The van der Waals surface area contributed by atoms with E-state index in [0.29, 0.717) is 34.6 Å². The van der Waals surface area contributed by atoms with Crippen LogP contribution in [-0.2, 0) is 15.7 Å². The van der Waals surface area contributed by atoms with Crippen LogP contribution in [-0.4, -0.2) is 43.7 Å². The molecule has 0 aliphatic carbocycles. The van der Waals surface area contributed by atoms with Gasteiger partial charge in [0.15, 0.2) is 0 Å². The zero-order valence-electron chi connectivity index (χ0n) is 15.1. The maximum absolute atomic E-state index is 12.9. The molecule has 2 N–H and O–H groups in total. The summed E-state index contributed by atoms with van der Waals surface area (Å²) in [4.78, 5) is 0. The number of alkyl halides is 2. The minimum absolute atomic E-state index is 0.0419. The zero-order valence-corrected chi connectivity index (χ0v) is 19.1. The van der Waals surface area contributed by atoms with Gasteiger partial charge in [0.2, 0.25) is 0 Å². The predicted octanol–water partition coefficient (Wildman–Crippen LogP) is 4.98. The Labute approximate surface area is 177 Å². The van der Waals surface area contributed by atoms with E-state index < -0.39 is 7.67 Å². The molecule has 0 bridgehead atoms. The summed E-state index contributed by atoms with van der Waals surface area (Å²) in [6.45, 7) is 0.572. The van der Waals surface area contributed by atoms with E-state index in [9.17, 15) is 4.57 Å². The van der Waals surface area contributed by atoms with Gasteiger partial charge in [0.1, 0.15) is 11.5 Å². The predicted molar refractivity (Wildman–Crippen MR) is 114 cm³/mol. The summed E-state index contributed by atoms with van der Waals surface area (Å²) in [5.74, 6) is 1.76. The van der Waals surface area contributed by atoms with Crippen LogP contribution in [0.15, 0.2) is 28.7 Å². The molecule has 1 atom stereocenters. The van der Waals surface area contributed by atoms with E-state index in [1.165, 1.54) is 4.67 Å². The highest BCUT2D eigenvalue weighted by molar-refractivity contribution is 9.10. The fourth-order valence-electron chi connectivity index (χ4n) is 2.78. The van der Waals surface area contributed by atoms with Crippen LogP contribution in [0, 0.1) is 0 Å². The van der Waals surface area contributed by atoms with Crippen molar-refractivity contribution in [1.82, 2.24) is 4.67 Å². The van der Waals surface area contributed by atoms with Crippen LogP contribution < -0.4 is 15.0 Å². The van der Waals surface area contributed by atoms with E-state index in [-0.39, 0.29) is 18.4 Å². The smallest absolute Gasteiger partial charge is 0.341 e. The number of hydrogen-bond donors (Lipinski definition) is 1. The molecule has 0 saturated heterocycles. The van der Waals surface area contributed by atoms with Crippen LogP contribution in [0.3, 0.4) is 0 Å². The molecule has 0 amide bonds. The second-order valence-electron chi connectivity index (χ2n) is 5.57. The number of nitrogens with two attached hydrogens (primary N) is 1. The molecular weight excluding hydrogens is 478 g/mol. The maximum atomic E-state index is 12.9. The third-order valence-corrected chi connectivity index (χ3v) is 6.90. The number of methoxy groups -OCH3 is 2. The van der Waals surface area contributed by atoms with Crippen molar-refractivity contribution in [2.45, 2.75) is 6.61 Å². The molecule has 0 radical (unpaired) electrons. The van der Waals surface area contributed by atoms with Gasteiger partial charge in [-0.25, -0.2) is 10.2 Å². The number of fused-ring (bicyclic) bond motifs is 1. The van der Waals surface area contributed by atoms with Gasteiger partial charge >= 0.3 is 7.67 Å². The normalized spacial score (nSPS) is 13.7. The molecule has 2 aromatic carbocycles. The third kappa shape index (κ3) is 5.10. The van der Waals surface area contributed by atoms with Gasteiger partial charge in [0, 0.05) is 41.2 Å². The average molecular weight is 500 g/mol. The van der Waals surface area contributed by atoms with Crippen LogP contribution in [0.1, 0.15) is 5.56 Å². The molecule has 6 nitrogen and oxygen atoms in total. The summed E-state index contributed by atoms with van der Waals surface area (Å²) in [5.41, 5.74) is 6.61. The SMILES string of the molecule is COc1c(Br)c(COP(N)(=O)N(CCCl)CCCl)c(OC)c2ccccc12. The molecule has 27 heavy (non-hydrogen) atoms. The standard InChI is InChI=1S/C17H22BrCl2N2O4P/c1-24-16-12-5-3-4-6-13(12)17(25-2)15(18)14(16)11-26-27(21,23)22(9-7-19)10-8-20/h3-6H,7-11H2,1-2H3,(H2,21,23). The van der Waals surface area contributed by atoms with Gasteiger partial charge in [0.25, 0.3) is 0 Å². The van der Waals surface area contributed by atoms with E-state index in [4.69, 9.17) is 42.7 Å². The van der Waals surface area contributed by atoms with E-state index in [1.807, 2.05) is 24.3 Å². The summed E-state index contributed by atoms with van der Waals surface area (Å²) in [6.07, 6.45) is 0. The minimum atomic E-state index is -3.59. The molecule has 10 heteroatoms. The monoisotopic (exact) mass is 498 g/mol. The lowest BCUT2D eigenvalue weighted by Crippen LogP contribution is -2.29. The van der Waals surface area contributed by atoms with Crippen LogP contribution in [0.25, 0.3) is 10.8 Å². The Balaban J connectivity index is 2.43. The fraction of sp³-hybridized carbons (Fsp3) is 0.412. The fourth-order valence-corrected chi connectivity index (χ4v) is 5.33. The second kappa shape index (κ2) is 10.3. The van der Waals surface area contributed by atoms with Crippen molar-refractivity contribution in [3.8, 4) is 11.5 Å². The number of nitrogens with zero attached hydrogens (tertiary/aromatic N) is 1. The quantitative estimate of drug-likeness (QED) is 0.367. The van der Waals surface area contributed by atoms with Gasteiger partial charge in [0.05, 0.1) is 25.3 Å². The highest BCUT2D eigenvalue weighted by Gasteiger charge is 2.28. The van der Waals surface area contributed by atoms with Crippen molar-refractivity contribution >= 4 is 57.6 Å². The Bertz CT molecular complexity index is 834. The largest absolute Gasteiger partial charge is 0.496 e. The first-order chi connectivity index (χ1) is 12.9. The van der Waals surface area contributed by atoms with Gasteiger partial charge < -0.3 is 14.0 Å². The molecule has 0 aliphatic rings. The third-order valence-electron chi connectivity index (χ3n) is 4.04. The molecule has 2 aromatic rings. The summed E-state index contributed by atoms with van der Waals surface area (Å²) in [6, 6.07) is 7.67. The Morgan fingerprint density at radius 3 is 2.07 bits per heavy atom. The minimum Gasteiger partial charge on any atom is -0.496 e. The molecular formula is C17H22BrCl2N2O4P. The first kappa shape index (κ1) is 22.8. The lowest BCUT2D eigenvalue weighted by molar-refractivity contribution is 0.252. The molecule has 2 rings (SSSR count). The zero-order chi connectivity index (χ0) is 20.0. The molecule has 0 saturated carbocycles. The maximum Gasteiger partial charge on any atom is 0.341 e. The summed E-state index contributed by atoms with van der Waals surface area (Å²) in [7, 11) is -0.436. The molecule has 0 aromatic heterocycles. The van der Waals surface area contributed by atoms with Crippen molar-refractivity contribution in [3.05, 3.63) is 34.3 Å². The van der Waals surface area contributed by atoms with E-state index in [0.717, 1.165) is 10.8 Å². The van der Waals surface area contributed by atoms with Crippen molar-refractivity contribution in [2.75, 3.05) is 39.1 Å². The summed E-state index contributed by atoms with van der Waals surface area (Å²) >= 11 is 15.1. The Morgan fingerprint density at radius 2 is 1.59 bits per heavy atom. The van der Waals surface area contributed by atoms with E-state index in [2.05, 4.69) is 15.9 Å². The van der Waals surface area contributed by atoms with Crippen molar-refractivity contribution in [1.29, 1.82) is 0 Å². The Kier molecular flexibility index (Phi) is 8.69. The lowest BCUT2D eigenvalue weighted by Gasteiger charge is -2.27. The van der Waals surface area contributed by atoms with Crippen molar-refractivity contribution < 1.29 is 18.6 Å². The van der Waals surface area contributed by atoms with Crippen LogP contribution in [0.2, 0.25) is 0 Å². The Hall–Kier alpha value is -0.530. The molecule has 0 fully saturated rings. The molecule has 0 spiro atoms. The number of rotatable bonds is 10. The molecule has 0 aliphatic heterocycles. The number of ether oxygens (including phenoxy) is 2. The topological polar surface area (TPSA) is 74.0 Å². The van der Waals surface area contributed by atoms with Gasteiger partial charge in [-0.1, -0.05) is 24.3 Å². The molecule has 150 valence electrons. The molecule has 1 unspecified atom stereocenters. The van der Waals surface area contributed by atoms with Crippen LogP contribution >= 0.6 is 46.8 Å². The second-order valence-corrected chi connectivity index (χ2v) is 9.07. The highest BCUT2D eigenvalue weighted by atomic mass is 79.9. The first-order valence-corrected chi connectivity index (χ1v) is 11.6. The number of hydrogen-bond acceptors (Lipinski definition) is 4. The number of halogens is 3. The summed E-state index contributed by atoms with van der Waals surface area (Å²) in [5, 5.41) is 1.73. The highest BCUT2D eigenvalue weighted by Crippen LogP contribution is 2.48. The molecule has 0 heterocycles. The summed E-state index contributed by atoms with van der Waals surface area (Å²) < 4.78 is 31.8. The van der Waals surface area contributed by atoms with Gasteiger partial charge in [-0.2, -0.15) is 0 Å². The van der Waals surface area contributed by atoms with Crippen molar-refractivity contribution in [3.63, 3.8) is 0 Å². The Morgan fingerprint density at radius 1 is 1.07 bits per heavy atom. The van der Waals surface area contributed by atoms with Crippen LogP contribution in [0.4, 0.5) is 0 Å². The van der Waals surface area contributed by atoms with Crippen molar-refractivity contribution in [2.24, 2.45) is 5.50 Å². The first-order valence-electron chi connectivity index (χ1n) is 8.12. The lowest BCUT2D eigenvalue weighted by atomic mass is 10.0. The van der Waals surface area contributed by atoms with Gasteiger partial charge in [-0.3, -0.25) is 4.57 Å². The van der Waals surface area contributed by atoms with Gasteiger partial charge in [-0.05, 0) is 15.9 Å². The average Bonchev–Trinajstić information content (AvgIpc) is 2.66. The number of benzene rings is 2. The van der Waals surface area contributed by atoms with Gasteiger partial charge in [-0.15, -0.1) is 23.2 Å². The van der Waals surface area contributed by atoms with E-state index in [1.54, 1.807) is 14.2 Å². The van der Waals surface area contributed by atoms with Crippen LogP contribution in [0.5, 0.6) is 11.5 Å². The van der Waals surface area contributed by atoms with E-state index >= 15 is 0 Å².